The highest BCUT2D eigenvalue weighted by atomic mass is 28.5. The largest absolute Gasteiger partial charge is 0.503 e. The fourth-order valence-electron chi connectivity index (χ4n) is 4.71. The van der Waals surface area contributed by atoms with E-state index < -0.39 is 25.4 Å². The highest BCUT2D eigenvalue weighted by Crippen LogP contribution is 2.36. The van der Waals surface area contributed by atoms with Gasteiger partial charge in [0.15, 0.2) is 8.32 Å². The van der Waals surface area contributed by atoms with Crippen molar-refractivity contribution in [3.8, 4) is 0 Å². The van der Waals surface area contributed by atoms with E-state index in [1.54, 1.807) is 0 Å². The van der Waals surface area contributed by atoms with Gasteiger partial charge in [0.2, 0.25) is 0 Å². The predicted molar refractivity (Wildman–Crippen MR) is 153 cm³/mol. The average Bonchev–Trinajstić information content (AvgIpc) is 2.89. The molecular formula is C28H40O4Si3. The van der Waals surface area contributed by atoms with Crippen molar-refractivity contribution in [3.63, 3.8) is 0 Å². The molecule has 0 radical (unpaired) electrons. The lowest BCUT2D eigenvalue weighted by Crippen LogP contribution is -2.74. The maximum absolute atomic E-state index is 7.66. The number of rotatable bonds is 13. The minimum atomic E-state index is -2.98. The van der Waals surface area contributed by atoms with E-state index in [0.717, 1.165) is 0 Å². The van der Waals surface area contributed by atoms with E-state index in [-0.39, 0.29) is 5.16 Å². The molecule has 3 aromatic rings. The van der Waals surface area contributed by atoms with Gasteiger partial charge in [-0.25, -0.2) is 0 Å². The Morgan fingerprint density at radius 1 is 0.571 bits per heavy atom. The molecule has 7 heteroatoms. The van der Waals surface area contributed by atoms with Crippen molar-refractivity contribution in [2.24, 2.45) is 0 Å². The average molecular weight is 525 g/mol. The molecule has 0 saturated heterocycles. The summed E-state index contributed by atoms with van der Waals surface area (Å²) in [4.78, 5) is 0. The molecule has 0 aliphatic heterocycles. The van der Waals surface area contributed by atoms with Crippen LogP contribution in [0.15, 0.2) is 91.0 Å². The normalized spacial score (nSPS) is 13.5. The van der Waals surface area contributed by atoms with Gasteiger partial charge in [0, 0.05) is 25.0 Å². The van der Waals surface area contributed by atoms with E-state index >= 15 is 0 Å². The molecule has 0 amide bonds. The lowest BCUT2D eigenvalue weighted by atomic mass is 10.3. The molecule has 0 spiro atoms. The van der Waals surface area contributed by atoms with Gasteiger partial charge in [0.25, 0.3) is 8.32 Å². The van der Waals surface area contributed by atoms with Crippen LogP contribution in [0.3, 0.4) is 0 Å². The van der Waals surface area contributed by atoms with E-state index in [9.17, 15) is 0 Å². The minimum Gasteiger partial charge on any atom is -0.446 e. The first-order valence-electron chi connectivity index (χ1n) is 12.6. The summed E-state index contributed by atoms with van der Waals surface area (Å²) in [5.41, 5.74) is 0. The molecule has 0 bridgehead atoms. The quantitative estimate of drug-likeness (QED) is 0.237. The Morgan fingerprint density at radius 3 is 1.17 bits per heavy atom. The number of hydrogen-bond acceptors (Lipinski definition) is 4. The summed E-state index contributed by atoms with van der Waals surface area (Å²) in [5.74, 6) is 0. The van der Waals surface area contributed by atoms with Crippen LogP contribution in [0.5, 0.6) is 0 Å². The molecule has 0 heterocycles. The molecule has 0 aromatic heterocycles. The van der Waals surface area contributed by atoms with Crippen LogP contribution in [0.4, 0.5) is 0 Å². The van der Waals surface area contributed by atoms with Crippen molar-refractivity contribution in [2.45, 2.75) is 46.0 Å². The Hall–Kier alpha value is -1.85. The zero-order valence-corrected chi connectivity index (χ0v) is 25.0. The van der Waals surface area contributed by atoms with Gasteiger partial charge in [-0.05, 0) is 49.4 Å². The molecular weight excluding hydrogens is 485 g/mol. The van der Waals surface area contributed by atoms with Crippen molar-refractivity contribution in [1.82, 2.24) is 0 Å². The minimum absolute atomic E-state index is 0.0397. The number of hydrogen-bond donors (Lipinski definition) is 0. The van der Waals surface area contributed by atoms with Crippen LogP contribution in [0.25, 0.3) is 0 Å². The maximum atomic E-state index is 7.66. The number of benzene rings is 3. The van der Waals surface area contributed by atoms with Gasteiger partial charge in [-0.15, -0.1) is 0 Å². The van der Waals surface area contributed by atoms with Crippen LogP contribution in [0.1, 0.15) is 27.7 Å². The third-order valence-corrected chi connectivity index (χ3v) is 21.7. The molecule has 0 N–H and O–H groups in total. The highest BCUT2D eigenvalue weighted by Gasteiger charge is 2.58. The zero-order valence-electron chi connectivity index (χ0n) is 22.0. The van der Waals surface area contributed by atoms with E-state index in [0.29, 0.717) is 19.8 Å². The van der Waals surface area contributed by atoms with Crippen LogP contribution < -0.4 is 15.6 Å². The van der Waals surface area contributed by atoms with Gasteiger partial charge in [0.05, 0.1) is 0 Å². The van der Waals surface area contributed by atoms with E-state index in [1.807, 2.05) is 20.8 Å². The Bertz CT molecular complexity index is 902. The monoisotopic (exact) mass is 524 g/mol. The second kappa shape index (κ2) is 12.4. The lowest BCUT2D eigenvalue weighted by molar-refractivity contribution is 0.0675. The molecule has 188 valence electrons. The van der Waals surface area contributed by atoms with Gasteiger partial charge < -0.3 is 17.4 Å². The van der Waals surface area contributed by atoms with Crippen LogP contribution in [-0.4, -0.2) is 45.3 Å². The summed E-state index contributed by atoms with van der Waals surface area (Å²) in [6.07, 6.45) is 0. The Balaban J connectivity index is 2.23. The van der Waals surface area contributed by atoms with Crippen LogP contribution in [0.2, 0.25) is 18.3 Å². The Labute approximate surface area is 214 Å². The molecule has 3 aromatic carbocycles. The highest BCUT2D eigenvalue weighted by molar-refractivity contribution is 7.11. The summed E-state index contributed by atoms with van der Waals surface area (Å²) < 4.78 is 26.7. The van der Waals surface area contributed by atoms with E-state index in [1.165, 1.54) is 15.6 Å². The first kappa shape index (κ1) is 27.7. The van der Waals surface area contributed by atoms with Crippen LogP contribution in [-0.2, 0) is 17.4 Å². The van der Waals surface area contributed by atoms with E-state index in [4.69, 9.17) is 17.4 Å². The first-order chi connectivity index (χ1) is 16.9. The van der Waals surface area contributed by atoms with Crippen LogP contribution >= 0.6 is 0 Å². The van der Waals surface area contributed by atoms with Crippen molar-refractivity contribution in [2.75, 3.05) is 19.8 Å². The molecule has 0 fully saturated rings. The topological polar surface area (TPSA) is 36.9 Å². The van der Waals surface area contributed by atoms with Crippen molar-refractivity contribution in [3.05, 3.63) is 91.0 Å². The maximum Gasteiger partial charge on any atom is 0.503 e. The van der Waals surface area contributed by atoms with Gasteiger partial charge >= 0.3 is 8.80 Å². The molecule has 3 rings (SSSR count). The predicted octanol–water partition coefficient (Wildman–Crippen LogP) is 4.85. The third kappa shape index (κ3) is 5.94. The van der Waals surface area contributed by atoms with Crippen LogP contribution in [0, 0.1) is 0 Å². The molecule has 1 unspecified atom stereocenters. The smallest absolute Gasteiger partial charge is 0.446 e. The summed E-state index contributed by atoms with van der Waals surface area (Å²) in [5, 5.41) is 3.75. The SMILES string of the molecule is CCO[Si](OCC)(OCC)C(C)[Si](C)(C)O[Si](c1ccccc1)(c1ccccc1)c1ccccc1. The second-order valence-corrected chi connectivity index (χ2v) is 20.6. The van der Waals surface area contributed by atoms with Gasteiger partial charge in [0.1, 0.15) is 0 Å². The van der Waals surface area contributed by atoms with Crippen molar-refractivity contribution >= 4 is 41.0 Å². The fraction of sp³-hybridized carbons (Fsp3) is 0.357. The van der Waals surface area contributed by atoms with E-state index in [2.05, 4.69) is 111 Å². The fourth-order valence-corrected chi connectivity index (χ4v) is 19.9. The van der Waals surface area contributed by atoms with Gasteiger partial charge in [-0.2, -0.15) is 0 Å². The molecule has 0 aliphatic rings. The lowest BCUT2D eigenvalue weighted by Gasteiger charge is -2.45. The molecule has 0 aliphatic carbocycles. The Kier molecular flexibility index (Phi) is 9.83. The summed E-state index contributed by atoms with van der Waals surface area (Å²) >= 11 is 0. The zero-order chi connectivity index (χ0) is 25.4. The van der Waals surface area contributed by atoms with Crippen molar-refractivity contribution in [1.29, 1.82) is 0 Å². The first-order valence-corrected chi connectivity index (χ1v) is 19.3. The van der Waals surface area contributed by atoms with Crippen molar-refractivity contribution < 1.29 is 17.4 Å². The summed E-state index contributed by atoms with van der Waals surface area (Å²) in [7, 11) is -8.32. The second-order valence-electron chi connectivity index (χ2n) is 9.11. The Morgan fingerprint density at radius 2 is 0.886 bits per heavy atom. The molecule has 0 saturated carbocycles. The molecule has 35 heavy (non-hydrogen) atoms. The molecule has 4 nitrogen and oxygen atoms in total. The standard InChI is InChI=1S/C28H40O4Si3/c1-7-29-35(30-8-2,31-9-3)25(4)33(5,6)32-34(26-19-13-10-14-20-26,27-21-15-11-16-22-27)28-23-17-12-18-24-28/h10-25H,7-9H2,1-6H3. The summed E-state index contributed by atoms with van der Waals surface area (Å²) in [6, 6.07) is 32.2. The molecule has 1 atom stereocenters. The summed E-state index contributed by atoms with van der Waals surface area (Å²) in [6.45, 7) is 14.5. The van der Waals surface area contributed by atoms with Gasteiger partial charge in [-0.1, -0.05) is 97.9 Å². The van der Waals surface area contributed by atoms with Gasteiger partial charge in [-0.3, -0.25) is 0 Å². The third-order valence-electron chi connectivity index (χ3n) is 6.57.